The molecule has 0 aliphatic carbocycles. The van der Waals surface area contributed by atoms with Crippen LogP contribution in [-0.2, 0) is 5.16 Å². The average Bonchev–Trinajstić information content (AvgIpc) is 2.57. The van der Waals surface area contributed by atoms with Crippen LogP contribution in [0.3, 0.4) is 0 Å². The molecule has 0 radical (unpaired) electrons. The Morgan fingerprint density at radius 1 is 0.478 bits per heavy atom. The number of rotatable bonds is 4. The molecule has 116 valence electrons. The first-order valence-corrected chi connectivity index (χ1v) is 8.95. The second-order valence-electron chi connectivity index (χ2n) is 5.38. The lowest BCUT2D eigenvalue weighted by Gasteiger charge is -2.33. The van der Waals surface area contributed by atoms with E-state index in [0.717, 1.165) is 0 Å². The van der Waals surface area contributed by atoms with Gasteiger partial charge >= 0.3 is 7.94 Å². The van der Waals surface area contributed by atoms with Crippen molar-refractivity contribution in [3.8, 4) is 0 Å². The summed E-state index contributed by atoms with van der Waals surface area (Å²) in [6, 6.07) is 27.3. The molecule has 0 spiro atoms. The Balaban J connectivity index is 2.41. The molecule has 4 heteroatoms. The summed E-state index contributed by atoms with van der Waals surface area (Å²) in [5.74, 6) is 0. The number of hydrogen-bond donors (Lipinski definition) is 3. The second-order valence-corrected chi connectivity index (χ2v) is 7.18. The van der Waals surface area contributed by atoms with Gasteiger partial charge in [0.1, 0.15) is 0 Å². The van der Waals surface area contributed by atoms with E-state index in [0.29, 0.717) is 16.7 Å². The van der Waals surface area contributed by atoms with Crippen molar-refractivity contribution in [3.05, 3.63) is 108 Å². The van der Waals surface area contributed by atoms with Gasteiger partial charge in [-0.3, -0.25) is 0 Å². The molecule has 3 aromatic rings. The highest BCUT2D eigenvalue weighted by Crippen LogP contribution is 2.69. The Morgan fingerprint density at radius 3 is 0.957 bits per heavy atom. The smallest absolute Gasteiger partial charge is 0.192 e. The lowest BCUT2D eigenvalue weighted by atomic mass is 9.84. The zero-order valence-electron chi connectivity index (χ0n) is 12.4. The molecule has 3 N–H and O–H groups in total. The average molecular weight is 325 g/mol. The van der Waals surface area contributed by atoms with Gasteiger partial charge in [-0.1, -0.05) is 91.0 Å². The topological polar surface area (TPSA) is 60.7 Å². The van der Waals surface area contributed by atoms with Crippen molar-refractivity contribution in [2.45, 2.75) is 5.16 Å². The zero-order chi connectivity index (χ0) is 16.3. The fraction of sp³-hybridized carbons (Fsp3) is 0.0526. The van der Waals surface area contributed by atoms with Gasteiger partial charge in [-0.15, -0.1) is 0 Å². The van der Waals surface area contributed by atoms with E-state index in [2.05, 4.69) is 0 Å². The van der Waals surface area contributed by atoms with Crippen molar-refractivity contribution in [1.29, 1.82) is 0 Å². The van der Waals surface area contributed by atoms with Crippen LogP contribution in [0.2, 0.25) is 0 Å². The van der Waals surface area contributed by atoms with Crippen LogP contribution >= 0.6 is 7.94 Å². The normalized spacial score (nSPS) is 12.1. The van der Waals surface area contributed by atoms with Crippen LogP contribution in [0.5, 0.6) is 0 Å². The Labute approximate surface area is 136 Å². The minimum absolute atomic E-state index is 0.637. The summed E-state index contributed by atoms with van der Waals surface area (Å²) in [5.41, 5.74) is 1.91. The molecule has 0 amide bonds. The first-order valence-electron chi connectivity index (χ1n) is 7.31. The van der Waals surface area contributed by atoms with Crippen molar-refractivity contribution in [2.75, 3.05) is 0 Å². The predicted octanol–water partition coefficient (Wildman–Crippen LogP) is 3.72. The van der Waals surface area contributed by atoms with Crippen LogP contribution in [0.15, 0.2) is 91.0 Å². The molecule has 0 aromatic heterocycles. The minimum Gasteiger partial charge on any atom is -0.192 e. The van der Waals surface area contributed by atoms with Gasteiger partial charge in [-0.25, -0.2) is 0 Å². The molecule has 0 unspecified atom stereocenters. The SMILES string of the molecule is O[P+](O)(O)C(c1ccccc1)(c1ccccc1)c1ccccc1. The van der Waals surface area contributed by atoms with Crippen molar-refractivity contribution >= 4 is 7.94 Å². The third kappa shape index (κ3) is 2.69. The third-order valence-electron chi connectivity index (χ3n) is 4.02. The molecule has 3 rings (SSSR count). The fourth-order valence-electron chi connectivity index (χ4n) is 3.06. The van der Waals surface area contributed by atoms with Gasteiger partial charge < -0.3 is 0 Å². The largest absolute Gasteiger partial charge is 0.424 e. The van der Waals surface area contributed by atoms with Crippen LogP contribution in [-0.4, -0.2) is 14.7 Å². The Hall–Kier alpha value is -2.03. The van der Waals surface area contributed by atoms with E-state index in [9.17, 15) is 14.7 Å². The van der Waals surface area contributed by atoms with E-state index in [-0.39, 0.29) is 0 Å². The van der Waals surface area contributed by atoms with Gasteiger partial charge in [0.2, 0.25) is 5.16 Å². The van der Waals surface area contributed by atoms with Gasteiger partial charge in [0.25, 0.3) is 0 Å². The molecule has 0 atom stereocenters. The maximum Gasteiger partial charge on any atom is 0.424 e. The Bertz CT molecular complexity index is 656. The van der Waals surface area contributed by atoms with Crippen LogP contribution in [0.4, 0.5) is 0 Å². The van der Waals surface area contributed by atoms with Gasteiger partial charge in [0, 0.05) is 16.7 Å². The lowest BCUT2D eigenvalue weighted by Crippen LogP contribution is -2.32. The summed E-state index contributed by atoms with van der Waals surface area (Å²) in [5, 5.41) is -1.41. The van der Waals surface area contributed by atoms with Gasteiger partial charge in [-0.2, -0.15) is 14.7 Å². The summed E-state index contributed by atoms with van der Waals surface area (Å²) in [7, 11) is -4.32. The van der Waals surface area contributed by atoms with E-state index in [4.69, 9.17) is 0 Å². The van der Waals surface area contributed by atoms with Crippen molar-refractivity contribution < 1.29 is 14.7 Å². The molecule has 0 saturated heterocycles. The highest BCUT2D eigenvalue weighted by atomic mass is 31.2. The molecule has 3 aromatic carbocycles. The molecule has 0 aliphatic rings. The molecule has 3 nitrogen and oxygen atoms in total. The third-order valence-corrected chi connectivity index (χ3v) is 5.70. The fourth-order valence-corrected chi connectivity index (χ4v) is 4.54. The summed E-state index contributed by atoms with van der Waals surface area (Å²) >= 11 is 0. The highest BCUT2D eigenvalue weighted by Gasteiger charge is 2.62. The van der Waals surface area contributed by atoms with Crippen LogP contribution in [0.1, 0.15) is 16.7 Å². The molecular formula is C19H18O3P+. The van der Waals surface area contributed by atoms with Gasteiger partial charge in [0.15, 0.2) is 0 Å². The molecule has 0 fully saturated rings. The molecule has 0 bridgehead atoms. The molecular weight excluding hydrogens is 307 g/mol. The zero-order valence-corrected chi connectivity index (χ0v) is 13.3. The summed E-state index contributed by atoms with van der Waals surface area (Å²) in [4.78, 5) is 31.5. The summed E-state index contributed by atoms with van der Waals surface area (Å²) in [6.45, 7) is 0. The molecule has 23 heavy (non-hydrogen) atoms. The quantitative estimate of drug-likeness (QED) is 0.506. The van der Waals surface area contributed by atoms with E-state index in [1.54, 1.807) is 36.4 Å². The van der Waals surface area contributed by atoms with Crippen molar-refractivity contribution in [1.82, 2.24) is 0 Å². The van der Waals surface area contributed by atoms with Crippen LogP contribution in [0, 0.1) is 0 Å². The van der Waals surface area contributed by atoms with E-state index in [1.807, 2.05) is 54.6 Å². The minimum atomic E-state index is -4.32. The molecule has 0 heterocycles. The Kier molecular flexibility index (Phi) is 4.29. The second kappa shape index (κ2) is 6.23. The maximum atomic E-state index is 10.5. The Morgan fingerprint density at radius 2 is 0.739 bits per heavy atom. The number of benzene rings is 3. The van der Waals surface area contributed by atoms with E-state index in [1.165, 1.54) is 0 Å². The summed E-state index contributed by atoms with van der Waals surface area (Å²) < 4.78 is 0. The first kappa shape index (κ1) is 15.9. The number of hydrogen-bond acceptors (Lipinski definition) is 3. The standard InChI is InChI=1S/C19H18O3P/c20-23(21,22)19(16-10-4-1-5-11-16,17-12-6-2-7-13-17)18-14-8-3-9-15-18/h1-15,20-22H/q+1. The van der Waals surface area contributed by atoms with E-state index < -0.39 is 13.1 Å². The van der Waals surface area contributed by atoms with Crippen LogP contribution < -0.4 is 0 Å². The highest BCUT2D eigenvalue weighted by molar-refractivity contribution is 7.60. The summed E-state index contributed by atoms with van der Waals surface area (Å²) in [6.07, 6.45) is 0. The van der Waals surface area contributed by atoms with Crippen molar-refractivity contribution in [2.24, 2.45) is 0 Å². The van der Waals surface area contributed by atoms with Gasteiger partial charge in [0.05, 0.1) is 0 Å². The molecule has 0 saturated carbocycles. The lowest BCUT2D eigenvalue weighted by molar-refractivity contribution is 0.305. The van der Waals surface area contributed by atoms with Crippen LogP contribution in [0.25, 0.3) is 0 Å². The van der Waals surface area contributed by atoms with Crippen molar-refractivity contribution in [3.63, 3.8) is 0 Å². The maximum absolute atomic E-state index is 10.5. The predicted molar refractivity (Wildman–Crippen MR) is 92.8 cm³/mol. The molecule has 0 aliphatic heterocycles. The van der Waals surface area contributed by atoms with E-state index >= 15 is 0 Å². The van der Waals surface area contributed by atoms with Gasteiger partial charge in [-0.05, 0) is 0 Å². The first-order chi connectivity index (χ1) is 11.1. The monoisotopic (exact) mass is 325 g/mol.